The topological polar surface area (TPSA) is 327 Å². The molecule has 6 aliphatic rings. The van der Waals surface area contributed by atoms with Gasteiger partial charge in [0.05, 0.1) is 99.8 Å². The van der Waals surface area contributed by atoms with Crippen LogP contribution in [0.3, 0.4) is 0 Å². The molecule has 0 aromatic heterocycles. The first kappa shape index (κ1) is 71.8. The van der Waals surface area contributed by atoms with Crippen molar-refractivity contribution >= 4 is 72.6 Å². The quantitative estimate of drug-likeness (QED) is 0.0132. The lowest BCUT2D eigenvalue weighted by Crippen LogP contribution is -2.65. The number of ketones is 1. The number of ether oxygens (including phenoxy) is 13. The number of rotatable bonds is 25. The van der Waals surface area contributed by atoms with Crippen LogP contribution in [0.2, 0.25) is 0 Å². The predicted molar refractivity (Wildman–Crippen MR) is 330 cm³/mol. The summed E-state index contributed by atoms with van der Waals surface area (Å²) in [6.07, 6.45) is -11.7. The van der Waals surface area contributed by atoms with Crippen LogP contribution in [0.25, 0.3) is 0 Å². The zero-order chi connectivity index (χ0) is 64.9. The molecule has 19 atom stereocenters. The van der Waals surface area contributed by atoms with Crippen molar-refractivity contribution in [3.8, 4) is 35.2 Å². The molecule has 4 fully saturated rings. The molecule has 8 N–H and O–H groups in total. The van der Waals surface area contributed by atoms with Crippen molar-refractivity contribution in [2.75, 3.05) is 65.7 Å². The highest BCUT2D eigenvalue weighted by Crippen LogP contribution is 2.44. The Morgan fingerprint density at radius 1 is 0.854 bits per heavy atom. The number of alkyl carbamates (subject to hydrolysis) is 1. The third-order valence-electron chi connectivity index (χ3n) is 15.2. The van der Waals surface area contributed by atoms with Gasteiger partial charge >= 0.3 is 12.1 Å². The third-order valence-corrected chi connectivity index (χ3v) is 20.2. The first-order chi connectivity index (χ1) is 42.5. The van der Waals surface area contributed by atoms with E-state index >= 15 is 4.79 Å². The number of allylic oxidation sites excluding steroid dienone is 2. The molecule has 1 aromatic rings. The van der Waals surface area contributed by atoms with Gasteiger partial charge in [0.25, 0.3) is 5.91 Å². The molecule has 4 saturated heterocycles. The van der Waals surface area contributed by atoms with Crippen LogP contribution in [-0.2, 0) is 66.5 Å². The Hall–Kier alpha value is -4.62. The van der Waals surface area contributed by atoms with Gasteiger partial charge in [-0.15, -0.1) is 0 Å². The minimum Gasteiger partial charge on any atom is -0.493 e. The fourth-order valence-electron chi connectivity index (χ4n) is 10.8. The number of aliphatic hydroxyl groups is 4. The Labute approximate surface area is 533 Å². The number of nitrogens with one attached hydrogen (secondary N) is 4. The molecular formula is C59H80N4O22S4. The van der Waals surface area contributed by atoms with E-state index < -0.39 is 134 Å². The van der Waals surface area contributed by atoms with Crippen molar-refractivity contribution in [3.05, 3.63) is 65.1 Å². The van der Waals surface area contributed by atoms with Crippen molar-refractivity contribution in [2.45, 2.75) is 175 Å². The number of amides is 2. The summed E-state index contributed by atoms with van der Waals surface area (Å²) in [6.45, 7) is 12.6. The molecule has 89 heavy (non-hydrogen) atoms. The van der Waals surface area contributed by atoms with Crippen LogP contribution in [-0.4, -0.2) is 226 Å². The van der Waals surface area contributed by atoms with Crippen LogP contribution < -0.4 is 30.9 Å². The summed E-state index contributed by atoms with van der Waals surface area (Å²) in [5.74, 6) is 8.60. The van der Waals surface area contributed by atoms with Crippen molar-refractivity contribution in [3.63, 3.8) is 0 Å². The molecule has 30 heteroatoms. The van der Waals surface area contributed by atoms with E-state index in [1.54, 1.807) is 20.1 Å². The number of carbonyl (C=O) groups excluding carboxylic acids is 4. The number of benzene rings is 1. The minimum atomic E-state index is -2.66. The van der Waals surface area contributed by atoms with E-state index in [2.05, 4.69) is 51.7 Å². The van der Waals surface area contributed by atoms with E-state index in [9.17, 15) is 34.8 Å². The van der Waals surface area contributed by atoms with Gasteiger partial charge in [-0.2, -0.15) is 17.2 Å². The Bertz CT molecular complexity index is 2890. The van der Waals surface area contributed by atoms with Gasteiger partial charge in [0.2, 0.25) is 5.78 Å². The van der Waals surface area contributed by atoms with E-state index in [1.807, 2.05) is 33.3 Å². The SMILES string of the molecule is C=C(OC)C(=O)Nc1cc(OC)c(OC)cc1C(=O)OC1C[C@H](O[C@@H]2C(=O)C(NC(=O)OC)=C3/C(=C\CSSSC)[C@]2(O)C#C/C=C\C#C[C@@H]3O[C@@H]2O[C@H](C)[C@@H](NO[C@H]3C[C@H](O)[C@H](SC)[C@@H](C)O3)[C@H](O)[C@H]2O[C@H]2C[C@H](OC)[C@@H](NC(C)C)CO2)O[C@@H](C)[C@@H]1O. The van der Waals surface area contributed by atoms with Crippen LogP contribution in [0.4, 0.5) is 10.5 Å². The number of anilines is 1. The monoisotopic (exact) mass is 1320 g/mol. The minimum absolute atomic E-state index is 0.0843. The molecule has 1 aromatic carbocycles. The first-order valence-electron chi connectivity index (χ1n) is 28.4. The second-order valence-electron chi connectivity index (χ2n) is 21.4. The molecule has 1 unspecified atom stereocenters. The van der Waals surface area contributed by atoms with Crippen LogP contribution in [0.15, 0.2) is 59.5 Å². The maximum Gasteiger partial charge on any atom is 0.411 e. The number of Topliss-reactive ketones (excluding diaryl/α,β-unsaturated/α-hetero) is 1. The number of hydroxylamine groups is 1. The molecule has 26 nitrogen and oxygen atoms in total. The highest BCUT2D eigenvalue weighted by molar-refractivity contribution is 9.09. The molecule has 4 aliphatic heterocycles. The van der Waals surface area contributed by atoms with Gasteiger partial charge in [0.15, 0.2) is 54.1 Å². The van der Waals surface area contributed by atoms with Crippen LogP contribution in [0, 0.1) is 23.7 Å². The van der Waals surface area contributed by atoms with E-state index in [4.69, 9.17) is 66.4 Å². The largest absolute Gasteiger partial charge is 0.493 e. The molecule has 2 amide bonds. The van der Waals surface area contributed by atoms with E-state index in [0.717, 1.165) is 7.11 Å². The number of thioether (sulfide) groups is 1. The number of methoxy groups -OCH3 is 5. The maximum absolute atomic E-state index is 15.6. The average molecular weight is 1330 g/mol. The van der Waals surface area contributed by atoms with Crippen LogP contribution in [0.1, 0.15) is 64.2 Å². The third kappa shape index (κ3) is 17.6. The number of esters is 1. The molecule has 0 saturated carbocycles. The summed E-state index contributed by atoms with van der Waals surface area (Å²) in [7, 11) is 10.8. The summed E-state index contributed by atoms with van der Waals surface area (Å²) in [6, 6.07) is 1.39. The summed E-state index contributed by atoms with van der Waals surface area (Å²) in [5, 5.41) is 56.8. The van der Waals surface area contributed by atoms with Crippen molar-refractivity contribution in [1.82, 2.24) is 16.1 Å². The molecular weight excluding hydrogens is 1240 g/mol. The number of aliphatic hydroxyl groups excluding tert-OH is 3. The van der Waals surface area contributed by atoms with Gasteiger partial charge in [-0.1, -0.05) is 71.8 Å². The van der Waals surface area contributed by atoms with Crippen molar-refractivity contribution in [1.29, 1.82) is 0 Å². The van der Waals surface area contributed by atoms with Gasteiger partial charge in [0, 0.05) is 61.4 Å². The fraction of sp³-hybridized carbons (Fsp3) is 0.627. The van der Waals surface area contributed by atoms with Gasteiger partial charge in [0.1, 0.15) is 30.5 Å². The van der Waals surface area contributed by atoms with E-state index in [-0.39, 0.29) is 88.3 Å². The van der Waals surface area contributed by atoms with Gasteiger partial charge in [-0.3, -0.25) is 19.7 Å². The normalized spacial score (nSPS) is 34.4. The summed E-state index contributed by atoms with van der Waals surface area (Å²) in [5.41, 5.74) is -0.949. The lowest BCUT2D eigenvalue weighted by Gasteiger charge is -2.47. The Morgan fingerprint density at radius 2 is 1.56 bits per heavy atom. The second-order valence-corrected chi connectivity index (χ2v) is 26.8. The standard InChI is InChI=1S/C59H80N4O22S4/c1-28(2)60-36-27-77-43(25-39(36)73-8)83-52-50(66)47(63-85-45-24-37(64)53(86-12)31(5)79-45)29(3)80-57(52)82-38-18-16-14-15-17-20-59(71)34(19-21-88-89-87-13)46(38)48(62-58(70)76-11)51(67)54(59)84-44-26-42(49(65)30(4)78-44)81-56(69)33-22-40(74-9)41(75-10)23-35(33)61-55(68)32(6)72-7/h14-15,19,22-23,28-31,36-39,42-45,47,49-50,52-54,57,60,63-66,71H,6,21,24-27H2,1-5,7-13H3,(H,61,68)(H,62,70)/b15-14-,34-19+/t29-,30+,31-,36+,37+,38+,39+,42?,43+,44+,45+,47-,49+,50+,52-,53-,54-,57+,59-/m1/s1. The van der Waals surface area contributed by atoms with Crippen LogP contribution >= 0.6 is 43.2 Å². The van der Waals surface area contributed by atoms with Crippen molar-refractivity contribution < 1.29 is 106 Å². The Kier molecular flexibility index (Phi) is 26.9. The Morgan fingerprint density at radius 3 is 2.22 bits per heavy atom. The van der Waals surface area contributed by atoms with E-state index in [0.29, 0.717) is 0 Å². The van der Waals surface area contributed by atoms with E-state index in [1.165, 1.54) is 95.7 Å². The molecule has 0 radical (unpaired) electrons. The first-order valence-corrected chi connectivity index (χ1v) is 33.8. The van der Waals surface area contributed by atoms with Gasteiger partial charge in [-0.25, -0.2) is 9.59 Å². The van der Waals surface area contributed by atoms with Gasteiger partial charge in [-0.05, 0) is 55.3 Å². The Balaban J connectivity index is 1.27. The predicted octanol–water partition coefficient (Wildman–Crippen LogP) is 3.42. The van der Waals surface area contributed by atoms with Crippen LogP contribution in [0.5, 0.6) is 11.5 Å². The molecule has 4 heterocycles. The van der Waals surface area contributed by atoms with Gasteiger partial charge < -0.3 is 92.6 Å². The maximum atomic E-state index is 15.6. The molecule has 2 bridgehead atoms. The number of carbonyl (C=O) groups is 4. The second kappa shape index (κ2) is 33.3. The molecule has 0 spiro atoms. The zero-order valence-electron chi connectivity index (χ0n) is 51.4. The summed E-state index contributed by atoms with van der Waals surface area (Å²) >= 11 is 1.47. The number of hydrogen-bond acceptors (Lipinski definition) is 28. The molecule has 492 valence electrons. The smallest absolute Gasteiger partial charge is 0.411 e. The lowest BCUT2D eigenvalue weighted by molar-refractivity contribution is -0.336. The number of fused-ring (bicyclic) bond motifs is 2. The number of hydrogen-bond donors (Lipinski definition) is 8. The highest BCUT2D eigenvalue weighted by atomic mass is 33.5. The average Bonchev–Trinajstić information content (AvgIpc) is 0.971. The zero-order valence-corrected chi connectivity index (χ0v) is 54.6. The fourth-order valence-corrected chi connectivity index (χ4v) is 14.1. The summed E-state index contributed by atoms with van der Waals surface area (Å²) in [4.78, 5) is 62.5. The molecule has 7 rings (SSSR count). The van der Waals surface area contributed by atoms with Crippen molar-refractivity contribution in [2.24, 2.45) is 0 Å². The molecule has 2 aliphatic carbocycles. The summed E-state index contributed by atoms with van der Waals surface area (Å²) < 4.78 is 77.9. The lowest BCUT2D eigenvalue weighted by atomic mass is 9.73. The highest BCUT2D eigenvalue weighted by Gasteiger charge is 2.57.